The van der Waals surface area contributed by atoms with Crippen molar-refractivity contribution in [2.45, 2.75) is 33.6 Å². The van der Waals surface area contributed by atoms with Crippen LogP contribution < -0.4 is 4.74 Å². The minimum absolute atomic E-state index is 0.341. The summed E-state index contributed by atoms with van der Waals surface area (Å²) in [5.41, 5.74) is 9.72. The molecule has 39 heavy (non-hydrogen) atoms. The Balaban J connectivity index is 1.47. The lowest BCUT2D eigenvalue weighted by atomic mass is 9.96. The minimum atomic E-state index is 0.341. The van der Waals surface area contributed by atoms with E-state index in [2.05, 4.69) is 65.7 Å². The summed E-state index contributed by atoms with van der Waals surface area (Å²) < 4.78 is 8.71. The molecule has 0 bridgehead atoms. The molecule has 0 saturated carbocycles. The van der Waals surface area contributed by atoms with Gasteiger partial charge in [0.2, 0.25) is 0 Å². The number of ether oxygens (including phenoxy) is 1. The molecule has 5 aromatic heterocycles. The first-order valence-electron chi connectivity index (χ1n) is 13.2. The fraction of sp³-hybridized carbons (Fsp3) is 0.152. The summed E-state index contributed by atoms with van der Waals surface area (Å²) in [6.07, 6.45) is 3.59. The van der Waals surface area contributed by atoms with Gasteiger partial charge in [-0.25, -0.2) is 4.98 Å². The molecule has 6 nitrogen and oxygen atoms in total. The average Bonchev–Trinajstić information content (AvgIpc) is 3.35. The van der Waals surface area contributed by atoms with Gasteiger partial charge in [-0.2, -0.15) is 0 Å². The maximum atomic E-state index is 6.46. The van der Waals surface area contributed by atoms with Crippen LogP contribution in [-0.4, -0.2) is 24.3 Å². The number of aryl methyl sites for hydroxylation is 2. The fourth-order valence-electron chi connectivity index (χ4n) is 5.52. The van der Waals surface area contributed by atoms with Crippen LogP contribution in [0.4, 0.5) is 0 Å². The zero-order valence-corrected chi connectivity index (χ0v) is 22.3. The van der Waals surface area contributed by atoms with Gasteiger partial charge in [0.25, 0.3) is 0 Å². The van der Waals surface area contributed by atoms with Gasteiger partial charge in [0.15, 0.2) is 0 Å². The molecule has 0 aliphatic heterocycles. The Kier molecular flexibility index (Phi) is 5.30. The van der Waals surface area contributed by atoms with Crippen LogP contribution in [0.1, 0.15) is 36.7 Å². The summed E-state index contributed by atoms with van der Waals surface area (Å²) in [5.74, 6) is 1.65. The third kappa shape index (κ3) is 3.71. The highest BCUT2D eigenvalue weighted by molar-refractivity contribution is 6.13. The Labute approximate surface area is 226 Å². The van der Waals surface area contributed by atoms with Crippen molar-refractivity contribution in [3.05, 3.63) is 102 Å². The zero-order chi connectivity index (χ0) is 26.7. The monoisotopic (exact) mass is 509 g/mol. The van der Waals surface area contributed by atoms with Crippen molar-refractivity contribution >= 4 is 38.5 Å². The zero-order valence-electron chi connectivity index (χ0n) is 22.3. The number of imidazole rings is 1. The van der Waals surface area contributed by atoms with E-state index in [-0.39, 0.29) is 0 Å². The molecule has 0 saturated heterocycles. The molecule has 5 heterocycles. The van der Waals surface area contributed by atoms with Gasteiger partial charge in [-0.15, -0.1) is 0 Å². The van der Waals surface area contributed by atoms with E-state index in [4.69, 9.17) is 19.7 Å². The van der Waals surface area contributed by atoms with E-state index in [1.165, 1.54) is 5.56 Å². The van der Waals surface area contributed by atoms with Crippen LogP contribution in [0.3, 0.4) is 0 Å². The molecule has 190 valence electrons. The molecule has 0 atom stereocenters. The SMILES string of the molecule is Cc1nc(C)c(-c2ccccn2)cc1Oc1cnc2c(c1)c1nc3ccccc3n1c1cccc(C(C)C)c21. The van der Waals surface area contributed by atoms with E-state index in [1.54, 1.807) is 12.4 Å². The second-order valence-corrected chi connectivity index (χ2v) is 10.2. The number of fused-ring (bicyclic) bond motifs is 8. The number of nitrogens with zero attached hydrogens (tertiary/aromatic N) is 5. The lowest BCUT2D eigenvalue weighted by Crippen LogP contribution is -1.99. The van der Waals surface area contributed by atoms with Crippen molar-refractivity contribution in [1.82, 2.24) is 24.3 Å². The van der Waals surface area contributed by atoms with Gasteiger partial charge < -0.3 is 4.74 Å². The van der Waals surface area contributed by atoms with Gasteiger partial charge >= 0.3 is 0 Å². The molecular weight excluding hydrogens is 482 g/mol. The van der Waals surface area contributed by atoms with Crippen LogP contribution in [-0.2, 0) is 0 Å². The number of aromatic nitrogens is 5. The van der Waals surface area contributed by atoms with E-state index in [1.807, 2.05) is 44.2 Å². The van der Waals surface area contributed by atoms with Gasteiger partial charge in [0, 0.05) is 28.2 Å². The van der Waals surface area contributed by atoms with Crippen molar-refractivity contribution in [2.24, 2.45) is 0 Å². The lowest BCUT2D eigenvalue weighted by molar-refractivity contribution is 0.474. The molecule has 0 fully saturated rings. The second kappa shape index (κ2) is 8.88. The summed E-state index contributed by atoms with van der Waals surface area (Å²) in [7, 11) is 0. The van der Waals surface area contributed by atoms with Crippen molar-refractivity contribution < 1.29 is 4.74 Å². The van der Waals surface area contributed by atoms with E-state index in [0.29, 0.717) is 17.4 Å². The Morgan fingerprint density at radius 3 is 2.44 bits per heavy atom. The van der Waals surface area contributed by atoms with Gasteiger partial charge in [-0.1, -0.05) is 44.2 Å². The van der Waals surface area contributed by atoms with Gasteiger partial charge in [0.05, 0.1) is 39.7 Å². The molecule has 0 amide bonds. The lowest BCUT2D eigenvalue weighted by Gasteiger charge is -2.16. The topological polar surface area (TPSA) is 65.2 Å². The smallest absolute Gasteiger partial charge is 0.149 e. The normalized spacial score (nSPS) is 11.8. The molecule has 0 aliphatic rings. The fourth-order valence-corrected chi connectivity index (χ4v) is 5.52. The van der Waals surface area contributed by atoms with Gasteiger partial charge in [0.1, 0.15) is 17.1 Å². The summed E-state index contributed by atoms with van der Waals surface area (Å²) in [4.78, 5) is 19.3. The molecule has 0 aliphatic carbocycles. The minimum Gasteiger partial charge on any atom is -0.454 e. The summed E-state index contributed by atoms with van der Waals surface area (Å²) in [6.45, 7) is 8.40. The Morgan fingerprint density at radius 2 is 1.62 bits per heavy atom. The van der Waals surface area contributed by atoms with Crippen LogP contribution in [0.25, 0.3) is 49.7 Å². The first-order valence-corrected chi connectivity index (χ1v) is 13.2. The average molecular weight is 510 g/mol. The summed E-state index contributed by atoms with van der Waals surface area (Å²) >= 11 is 0. The highest BCUT2D eigenvalue weighted by Gasteiger charge is 2.19. The Hall–Kier alpha value is -4.84. The predicted octanol–water partition coefficient (Wildman–Crippen LogP) is 8.18. The molecule has 0 N–H and O–H groups in total. The van der Waals surface area contributed by atoms with Crippen LogP contribution in [0.15, 0.2) is 85.2 Å². The van der Waals surface area contributed by atoms with Crippen LogP contribution in [0, 0.1) is 13.8 Å². The highest BCUT2D eigenvalue weighted by atomic mass is 16.5. The quantitative estimate of drug-likeness (QED) is 0.224. The Bertz CT molecular complexity index is 2040. The maximum Gasteiger partial charge on any atom is 0.149 e. The number of hydrogen-bond acceptors (Lipinski definition) is 5. The third-order valence-corrected chi connectivity index (χ3v) is 7.36. The van der Waals surface area contributed by atoms with Crippen molar-refractivity contribution in [3.63, 3.8) is 0 Å². The van der Waals surface area contributed by atoms with E-state index in [0.717, 1.165) is 61.1 Å². The van der Waals surface area contributed by atoms with Crippen LogP contribution in [0.2, 0.25) is 0 Å². The molecular formula is C33H27N5O. The number of pyridine rings is 4. The van der Waals surface area contributed by atoms with E-state index < -0.39 is 0 Å². The van der Waals surface area contributed by atoms with E-state index >= 15 is 0 Å². The standard InChI is InChI=1S/C33H27N5O/c1-19(2)23-10-9-14-29-31(23)32-25(33-37-27-12-5-6-13-28(27)38(29)33)16-22(18-35-32)39-30-17-24(20(3)36-21(30)4)26-11-7-8-15-34-26/h5-19H,1-4H3. The molecule has 7 aromatic rings. The number of para-hydroxylation sites is 2. The maximum absolute atomic E-state index is 6.46. The van der Waals surface area contributed by atoms with Crippen molar-refractivity contribution in [3.8, 4) is 22.8 Å². The molecule has 2 aromatic carbocycles. The van der Waals surface area contributed by atoms with E-state index in [9.17, 15) is 0 Å². The number of rotatable bonds is 4. The number of hydrogen-bond donors (Lipinski definition) is 0. The van der Waals surface area contributed by atoms with Crippen LogP contribution in [0.5, 0.6) is 11.5 Å². The third-order valence-electron chi connectivity index (χ3n) is 7.36. The molecule has 0 radical (unpaired) electrons. The molecule has 7 rings (SSSR count). The van der Waals surface area contributed by atoms with Crippen molar-refractivity contribution in [2.75, 3.05) is 0 Å². The van der Waals surface area contributed by atoms with Gasteiger partial charge in [-0.3, -0.25) is 19.4 Å². The molecule has 0 spiro atoms. The van der Waals surface area contributed by atoms with Crippen LogP contribution >= 0.6 is 0 Å². The predicted molar refractivity (Wildman–Crippen MR) is 157 cm³/mol. The molecule has 6 heteroatoms. The largest absolute Gasteiger partial charge is 0.454 e. The first kappa shape index (κ1) is 23.3. The number of benzene rings is 2. The summed E-state index contributed by atoms with van der Waals surface area (Å²) in [5, 5.41) is 2.10. The second-order valence-electron chi connectivity index (χ2n) is 10.2. The highest BCUT2D eigenvalue weighted by Crippen LogP contribution is 2.38. The Morgan fingerprint density at radius 1 is 0.795 bits per heavy atom. The first-order chi connectivity index (χ1) is 19.0. The van der Waals surface area contributed by atoms with Gasteiger partial charge in [-0.05, 0) is 67.8 Å². The van der Waals surface area contributed by atoms with Crippen molar-refractivity contribution in [1.29, 1.82) is 0 Å². The molecule has 0 unspecified atom stereocenters. The summed E-state index contributed by atoms with van der Waals surface area (Å²) in [6, 6.07) is 24.7.